The first-order valence-electron chi connectivity index (χ1n) is 6.06. The van der Waals surface area contributed by atoms with Crippen molar-refractivity contribution in [1.29, 1.82) is 0 Å². The van der Waals surface area contributed by atoms with Gasteiger partial charge < -0.3 is 15.2 Å². The lowest BCUT2D eigenvalue weighted by Crippen LogP contribution is -2.47. The predicted octanol–water partition coefficient (Wildman–Crippen LogP) is 3.13. The maximum atomic E-state index is 12.7. The molecule has 0 aromatic heterocycles. The topological polar surface area (TPSA) is 44.5 Å². The van der Waals surface area contributed by atoms with Crippen molar-refractivity contribution in [2.75, 3.05) is 6.61 Å². The number of halogens is 3. The van der Waals surface area contributed by atoms with Gasteiger partial charge in [-0.25, -0.2) is 0 Å². The molecule has 0 bridgehead atoms. The Balaban J connectivity index is 2.70. The third-order valence-corrected chi connectivity index (χ3v) is 2.36. The molecule has 1 aromatic carbocycles. The van der Waals surface area contributed by atoms with Crippen molar-refractivity contribution in [2.45, 2.75) is 38.6 Å². The number of hydrogen-bond donors (Lipinski definition) is 1. The summed E-state index contributed by atoms with van der Waals surface area (Å²) in [4.78, 5) is 0. The molecular formula is C13H18F3NO2. The Hall–Kier alpha value is -1.43. The van der Waals surface area contributed by atoms with Crippen LogP contribution in [0.1, 0.15) is 20.3 Å². The molecule has 1 rings (SSSR count). The van der Waals surface area contributed by atoms with Crippen LogP contribution in [0.3, 0.4) is 0 Å². The Morgan fingerprint density at radius 1 is 1.16 bits per heavy atom. The number of alkyl halides is 3. The quantitative estimate of drug-likeness (QED) is 0.868. The molecule has 19 heavy (non-hydrogen) atoms. The maximum absolute atomic E-state index is 12.7. The van der Waals surface area contributed by atoms with Crippen molar-refractivity contribution >= 4 is 0 Å². The number of benzene rings is 1. The molecule has 2 atom stereocenters. The Bertz CT molecular complexity index is 376. The normalized spacial score (nSPS) is 14.8. The molecule has 0 saturated heterocycles. The average molecular weight is 277 g/mol. The van der Waals surface area contributed by atoms with E-state index in [2.05, 4.69) is 0 Å². The highest BCUT2D eigenvalue weighted by Gasteiger charge is 2.44. The van der Waals surface area contributed by atoms with E-state index in [1.807, 2.05) is 6.92 Å². The third-order valence-electron chi connectivity index (χ3n) is 2.36. The molecule has 0 spiro atoms. The van der Waals surface area contributed by atoms with Gasteiger partial charge >= 0.3 is 6.18 Å². The second-order valence-electron chi connectivity index (χ2n) is 4.26. The zero-order valence-corrected chi connectivity index (χ0v) is 10.9. The van der Waals surface area contributed by atoms with Crippen LogP contribution < -0.4 is 15.2 Å². The van der Waals surface area contributed by atoms with Gasteiger partial charge in [-0.1, -0.05) is 6.92 Å². The molecule has 0 aliphatic heterocycles. The van der Waals surface area contributed by atoms with Crippen LogP contribution in [0.2, 0.25) is 0 Å². The molecular weight excluding hydrogens is 259 g/mol. The lowest BCUT2D eigenvalue weighted by Gasteiger charge is -2.24. The minimum Gasteiger partial charge on any atom is -0.494 e. The molecule has 0 amide bonds. The fraction of sp³-hybridized carbons (Fsp3) is 0.538. The number of nitrogens with two attached hydrogens (primary N) is 1. The number of rotatable bonds is 6. The fourth-order valence-electron chi connectivity index (χ4n) is 1.45. The van der Waals surface area contributed by atoms with E-state index in [4.69, 9.17) is 15.2 Å². The van der Waals surface area contributed by atoms with Crippen LogP contribution in [0, 0.1) is 0 Å². The summed E-state index contributed by atoms with van der Waals surface area (Å²) >= 11 is 0. The lowest BCUT2D eigenvalue weighted by molar-refractivity contribution is -0.199. The van der Waals surface area contributed by atoms with Crippen LogP contribution in [-0.4, -0.2) is 24.9 Å². The first-order chi connectivity index (χ1) is 8.84. The Kier molecular flexibility index (Phi) is 5.47. The third kappa shape index (κ3) is 4.98. The molecule has 2 unspecified atom stereocenters. The standard InChI is InChI=1S/C13H18F3NO2/c1-3-8-18-10-4-6-11(7-5-10)19-12(9(2)17)13(14,15)16/h4-7,9,12H,3,8,17H2,1-2H3. The second-order valence-corrected chi connectivity index (χ2v) is 4.26. The van der Waals surface area contributed by atoms with E-state index >= 15 is 0 Å². The van der Waals surface area contributed by atoms with Crippen molar-refractivity contribution in [3.63, 3.8) is 0 Å². The summed E-state index contributed by atoms with van der Waals surface area (Å²) < 4.78 is 48.2. The van der Waals surface area contributed by atoms with Gasteiger partial charge in [-0.05, 0) is 37.6 Å². The zero-order chi connectivity index (χ0) is 14.5. The highest BCUT2D eigenvalue weighted by atomic mass is 19.4. The SMILES string of the molecule is CCCOc1ccc(OC(C(C)N)C(F)(F)F)cc1. The highest BCUT2D eigenvalue weighted by molar-refractivity contribution is 5.31. The van der Waals surface area contributed by atoms with E-state index < -0.39 is 18.3 Å². The summed E-state index contributed by atoms with van der Waals surface area (Å²) in [6.45, 7) is 3.79. The summed E-state index contributed by atoms with van der Waals surface area (Å²) in [6.07, 6.45) is -5.65. The molecule has 0 fully saturated rings. The first kappa shape index (κ1) is 15.6. The van der Waals surface area contributed by atoms with Gasteiger partial charge in [-0.3, -0.25) is 0 Å². The van der Waals surface area contributed by atoms with Gasteiger partial charge in [0.2, 0.25) is 6.10 Å². The molecule has 3 nitrogen and oxygen atoms in total. The van der Waals surface area contributed by atoms with Crippen LogP contribution in [0.4, 0.5) is 13.2 Å². The summed E-state index contributed by atoms with van der Waals surface area (Å²) in [5.74, 6) is 0.710. The average Bonchev–Trinajstić information content (AvgIpc) is 2.33. The minimum atomic E-state index is -4.49. The first-order valence-corrected chi connectivity index (χ1v) is 6.06. The van der Waals surface area contributed by atoms with Crippen molar-refractivity contribution in [1.82, 2.24) is 0 Å². The molecule has 108 valence electrons. The van der Waals surface area contributed by atoms with Crippen molar-refractivity contribution < 1.29 is 22.6 Å². The Labute approximate surface area is 110 Å². The van der Waals surface area contributed by atoms with Gasteiger partial charge in [-0.15, -0.1) is 0 Å². The van der Waals surface area contributed by atoms with E-state index in [-0.39, 0.29) is 5.75 Å². The highest BCUT2D eigenvalue weighted by Crippen LogP contribution is 2.27. The Morgan fingerprint density at radius 3 is 2.11 bits per heavy atom. The van der Waals surface area contributed by atoms with Crippen LogP contribution in [0.25, 0.3) is 0 Å². The van der Waals surface area contributed by atoms with E-state index in [1.165, 1.54) is 19.1 Å². The summed E-state index contributed by atoms with van der Waals surface area (Å²) in [5, 5.41) is 0. The molecule has 1 aromatic rings. The van der Waals surface area contributed by atoms with E-state index in [0.717, 1.165) is 6.42 Å². The van der Waals surface area contributed by atoms with E-state index in [1.54, 1.807) is 12.1 Å². The predicted molar refractivity (Wildman–Crippen MR) is 66.3 cm³/mol. The van der Waals surface area contributed by atoms with Gasteiger partial charge in [0, 0.05) is 6.04 Å². The maximum Gasteiger partial charge on any atom is 0.426 e. The molecule has 0 aliphatic rings. The molecule has 0 saturated carbocycles. The van der Waals surface area contributed by atoms with E-state index in [0.29, 0.717) is 12.4 Å². The summed E-state index contributed by atoms with van der Waals surface area (Å²) in [6, 6.07) is 4.87. The van der Waals surface area contributed by atoms with Crippen molar-refractivity contribution in [3.05, 3.63) is 24.3 Å². The van der Waals surface area contributed by atoms with Crippen molar-refractivity contribution in [3.8, 4) is 11.5 Å². The van der Waals surface area contributed by atoms with Gasteiger partial charge in [0.1, 0.15) is 11.5 Å². The largest absolute Gasteiger partial charge is 0.494 e. The molecule has 0 radical (unpaired) electrons. The minimum absolute atomic E-state index is 0.114. The van der Waals surface area contributed by atoms with Gasteiger partial charge in [0.25, 0.3) is 0 Å². The number of ether oxygens (including phenoxy) is 2. The fourth-order valence-corrected chi connectivity index (χ4v) is 1.45. The van der Waals surface area contributed by atoms with Gasteiger partial charge in [0.15, 0.2) is 0 Å². The molecule has 2 N–H and O–H groups in total. The van der Waals surface area contributed by atoms with Crippen molar-refractivity contribution in [2.24, 2.45) is 5.73 Å². The molecule has 6 heteroatoms. The monoisotopic (exact) mass is 277 g/mol. The second kappa shape index (κ2) is 6.65. The van der Waals surface area contributed by atoms with Gasteiger partial charge in [-0.2, -0.15) is 13.2 Å². The summed E-state index contributed by atoms with van der Waals surface area (Å²) in [5.41, 5.74) is 5.30. The van der Waals surface area contributed by atoms with Crippen LogP contribution in [0.5, 0.6) is 11.5 Å². The van der Waals surface area contributed by atoms with E-state index in [9.17, 15) is 13.2 Å². The summed E-state index contributed by atoms with van der Waals surface area (Å²) in [7, 11) is 0. The van der Waals surface area contributed by atoms with Crippen LogP contribution in [0.15, 0.2) is 24.3 Å². The van der Waals surface area contributed by atoms with Crippen LogP contribution in [-0.2, 0) is 0 Å². The Morgan fingerprint density at radius 2 is 1.68 bits per heavy atom. The molecule has 0 aliphatic carbocycles. The van der Waals surface area contributed by atoms with Crippen LogP contribution >= 0.6 is 0 Å². The van der Waals surface area contributed by atoms with Gasteiger partial charge in [0.05, 0.1) is 6.61 Å². The molecule has 0 heterocycles. The smallest absolute Gasteiger partial charge is 0.426 e. The number of hydrogen-bond acceptors (Lipinski definition) is 3. The lowest BCUT2D eigenvalue weighted by atomic mass is 10.2. The zero-order valence-electron chi connectivity index (χ0n) is 10.9.